The molecule has 0 bridgehead atoms. The lowest BCUT2D eigenvalue weighted by molar-refractivity contribution is -0.107. The van der Waals surface area contributed by atoms with Crippen LogP contribution in [0.5, 0.6) is 0 Å². The first kappa shape index (κ1) is 13.2. The lowest BCUT2D eigenvalue weighted by atomic mass is 9.83. The molecule has 0 heterocycles. The van der Waals surface area contributed by atoms with Gasteiger partial charge in [0.25, 0.3) is 0 Å². The lowest BCUT2D eigenvalue weighted by Gasteiger charge is -2.18. The summed E-state index contributed by atoms with van der Waals surface area (Å²) in [5, 5.41) is 0. The fourth-order valence-electron chi connectivity index (χ4n) is 2.51. The zero-order valence-corrected chi connectivity index (χ0v) is 11.2. The minimum Gasteiger partial charge on any atom is -0.303 e. The van der Waals surface area contributed by atoms with Crippen molar-refractivity contribution in [3.63, 3.8) is 0 Å². The second-order valence-corrected chi connectivity index (χ2v) is 4.81. The quantitative estimate of drug-likeness (QED) is 0.638. The molecule has 0 saturated heterocycles. The van der Waals surface area contributed by atoms with E-state index in [0.717, 1.165) is 23.0 Å². The summed E-state index contributed by atoms with van der Waals surface area (Å²) in [5.41, 5.74) is 3.33. The monoisotopic (exact) mass is 276 g/mol. The van der Waals surface area contributed by atoms with Crippen LogP contribution in [0, 0.1) is 0 Å². The summed E-state index contributed by atoms with van der Waals surface area (Å²) >= 11 is 0. The van der Waals surface area contributed by atoms with Crippen molar-refractivity contribution < 1.29 is 14.4 Å². The summed E-state index contributed by atoms with van der Waals surface area (Å²) < 4.78 is 0. The van der Waals surface area contributed by atoms with Crippen LogP contribution in [0.1, 0.15) is 32.7 Å². The fourth-order valence-corrected chi connectivity index (χ4v) is 2.51. The Labute approximate surface area is 121 Å². The van der Waals surface area contributed by atoms with Crippen molar-refractivity contribution in [3.05, 3.63) is 65.2 Å². The standard InChI is InChI=1S/C18H12O3/c19-10-4-3-5-12-8-9-15-16(11-12)13-6-1-2-7-14(13)17(20)18(15)21/h1-3,5-11H,4H2. The highest BCUT2D eigenvalue weighted by Gasteiger charge is 2.29. The van der Waals surface area contributed by atoms with Crippen LogP contribution < -0.4 is 0 Å². The van der Waals surface area contributed by atoms with Gasteiger partial charge in [0, 0.05) is 17.5 Å². The number of fused-ring (bicyclic) bond motifs is 3. The first-order valence-corrected chi connectivity index (χ1v) is 6.65. The minimum atomic E-state index is -0.466. The highest BCUT2D eigenvalue weighted by atomic mass is 16.2. The number of benzene rings is 2. The minimum absolute atomic E-state index is 0.352. The van der Waals surface area contributed by atoms with Crippen LogP contribution in [0.2, 0.25) is 0 Å². The SMILES string of the molecule is O=CCC=Cc1ccc2c(c1)-c1ccccc1C(=O)C2=O. The van der Waals surface area contributed by atoms with E-state index in [1.807, 2.05) is 24.3 Å². The summed E-state index contributed by atoms with van der Waals surface area (Å²) in [5.74, 6) is -0.922. The van der Waals surface area contributed by atoms with E-state index in [1.165, 1.54) is 0 Å². The number of hydrogen-bond donors (Lipinski definition) is 0. The van der Waals surface area contributed by atoms with Crippen LogP contribution in [0.25, 0.3) is 17.2 Å². The molecule has 2 aromatic rings. The van der Waals surface area contributed by atoms with Gasteiger partial charge in [0.2, 0.25) is 11.6 Å². The van der Waals surface area contributed by atoms with Gasteiger partial charge in [0.15, 0.2) is 0 Å². The number of aldehydes is 1. The Morgan fingerprint density at radius 3 is 2.19 bits per heavy atom. The largest absolute Gasteiger partial charge is 0.303 e. The Balaban J connectivity index is 2.15. The van der Waals surface area contributed by atoms with E-state index >= 15 is 0 Å². The van der Waals surface area contributed by atoms with Gasteiger partial charge in [-0.05, 0) is 28.8 Å². The lowest BCUT2D eigenvalue weighted by Crippen LogP contribution is -2.21. The molecule has 3 nitrogen and oxygen atoms in total. The van der Waals surface area contributed by atoms with Crippen molar-refractivity contribution in [2.75, 3.05) is 0 Å². The van der Waals surface area contributed by atoms with Crippen LogP contribution in [0.15, 0.2) is 48.5 Å². The molecule has 0 atom stereocenters. The summed E-state index contributed by atoms with van der Waals surface area (Å²) in [6.07, 6.45) is 4.77. The van der Waals surface area contributed by atoms with Gasteiger partial charge in [-0.25, -0.2) is 0 Å². The van der Waals surface area contributed by atoms with Gasteiger partial charge < -0.3 is 4.79 Å². The fraction of sp³-hybridized carbons (Fsp3) is 0.0556. The van der Waals surface area contributed by atoms with Gasteiger partial charge in [-0.15, -0.1) is 0 Å². The Morgan fingerprint density at radius 2 is 1.48 bits per heavy atom. The molecule has 0 N–H and O–H groups in total. The van der Waals surface area contributed by atoms with Gasteiger partial charge in [0.05, 0.1) is 0 Å². The molecule has 0 saturated carbocycles. The number of carbonyl (C=O) groups is 3. The predicted octanol–water partition coefficient (Wildman–Crippen LogP) is 3.33. The molecule has 0 aromatic heterocycles. The van der Waals surface area contributed by atoms with Crippen LogP contribution in [0.4, 0.5) is 0 Å². The molecule has 0 unspecified atom stereocenters. The van der Waals surface area contributed by atoms with Crippen molar-refractivity contribution in [1.82, 2.24) is 0 Å². The maximum Gasteiger partial charge on any atom is 0.234 e. The van der Waals surface area contributed by atoms with Crippen LogP contribution >= 0.6 is 0 Å². The van der Waals surface area contributed by atoms with Crippen LogP contribution in [-0.2, 0) is 4.79 Å². The van der Waals surface area contributed by atoms with E-state index < -0.39 is 11.6 Å². The molecule has 1 aliphatic rings. The molecule has 21 heavy (non-hydrogen) atoms. The number of hydrogen-bond acceptors (Lipinski definition) is 3. The molecular weight excluding hydrogens is 264 g/mol. The molecule has 0 radical (unpaired) electrons. The molecule has 102 valence electrons. The second kappa shape index (κ2) is 5.29. The van der Waals surface area contributed by atoms with E-state index in [2.05, 4.69) is 0 Å². The molecule has 3 rings (SSSR count). The van der Waals surface area contributed by atoms with Crippen molar-refractivity contribution >= 4 is 23.9 Å². The molecule has 0 spiro atoms. The Kier molecular flexibility index (Phi) is 3.32. The summed E-state index contributed by atoms with van der Waals surface area (Å²) in [4.78, 5) is 34.5. The third-order valence-electron chi connectivity index (χ3n) is 3.50. The van der Waals surface area contributed by atoms with Crippen LogP contribution in [0.3, 0.4) is 0 Å². The van der Waals surface area contributed by atoms with Crippen LogP contribution in [-0.4, -0.2) is 17.9 Å². The Morgan fingerprint density at radius 1 is 0.810 bits per heavy atom. The van der Waals surface area contributed by atoms with E-state index in [0.29, 0.717) is 17.5 Å². The maximum absolute atomic E-state index is 12.1. The molecule has 1 aliphatic carbocycles. The molecular formula is C18H12O3. The van der Waals surface area contributed by atoms with Crippen molar-refractivity contribution in [2.24, 2.45) is 0 Å². The maximum atomic E-state index is 12.1. The third-order valence-corrected chi connectivity index (χ3v) is 3.50. The predicted molar refractivity (Wildman–Crippen MR) is 80.3 cm³/mol. The first-order chi connectivity index (χ1) is 10.2. The molecule has 0 amide bonds. The van der Waals surface area contributed by atoms with E-state index in [4.69, 9.17) is 0 Å². The highest BCUT2D eigenvalue weighted by molar-refractivity contribution is 6.53. The molecule has 2 aromatic carbocycles. The normalized spacial score (nSPS) is 13.1. The van der Waals surface area contributed by atoms with Gasteiger partial charge in [0.1, 0.15) is 6.29 Å². The summed E-state index contributed by atoms with van der Waals surface area (Å²) in [7, 11) is 0. The van der Waals surface area contributed by atoms with Crippen molar-refractivity contribution in [2.45, 2.75) is 6.42 Å². The first-order valence-electron chi connectivity index (χ1n) is 6.65. The van der Waals surface area contributed by atoms with Crippen molar-refractivity contribution in [3.8, 4) is 11.1 Å². The van der Waals surface area contributed by atoms with E-state index in [9.17, 15) is 14.4 Å². The number of rotatable bonds is 3. The average molecular weight is 276 g/mol. The van der Waals surface area contributed by atoms with Gasteiger partial charge in [-0.2, -0.15) is 0 Å². The van der Waals surface area contributed by atoms with Gasteiger partial charge in [-0.1, -0.05) is 42.5 Å². The topological polar surface area (TPSA) is 51.2 Å². The summed E-state index contributed by atoms with van der Waals surface area (Å²) in [6, 6.07) is 12.4. The number of ketones is 2. The molecule has 3 heteroatoms. The Bertz CT molecular complexity index is 785. The summed E-state index contributed by atoms with van der Waals surface area (Å²) in [6.45, 7) is 0. The zero-order chi connectivity index (χ0) is 14.8. The smallest absolute Gasteiger partial charge is 0.234 e. The van der Waals surface area contributed by atoms with Gasteiger partial charge >= 0.3 is 0 Å². The van der Waals surface area contributed by atoms with Crippen molar-refractivity contribution in [1.29, 1.82) is 0 Å². The number of Topliss-reactive ketones (excluding diaryl/α,β-unsaturated/α-hetero) is 2. The molecule has 0 aliphatic heterocycles. The third kappa shape index (κ3) is 2.23. The second-order valence-electron chi connectivity index (χ2n) is 4.81. The van der Waals surface area contributed by atoms with E-state index in [1.54, 1.807) is 30.3 Å². The van der Waals surface area contributed by atoms with E-state index in [-0.39, 0.29) is 0 Å². The van der Waals surface area contributed by atoms with Gasteiger partial charge in [-0.3, -0.25) is 9.59 Å². The Hall–Kier alpha value is -2.81. The zero-order valence-electron chi connectivity index (χ0n) is 11.2. The highest BCUT2D eigenvalue weighted by Crippen LogP contribution is 2.34. The number of carbonyl (C=O) groups excluding carboxylic acids is 3. The molecule has 0 fully saturated rings. The average Bonchev–Trinajstić information content (AvgIpc) is 2.53. The number of allylic oxidation sites excluding steroid dienone is 1.